The third-order valence-corrected chi connectivity index (χ3v) is 5.79. The number of aromatic nitrogens is 5. The van der Waals surface area contributed by atoms with Crippen LogP contribution in [0.5, 0.6) is 5.75 Å². The van der Waals surface area contributed by atoms with Crippen LogP contribution >= 0.6 is 0 Å². The number of nitrogens with zero attached hydrogens (tertiary/aromatic N) is 5. The van der Waals surface area contributed by atoms with Crippen molar-refractivity contribution in [2.24, 2.45) is 0 Å². The number of aryl methyl sites for hydroxylation is 1. The average molecular weight is 451 g/mol. The van der Waals surface area contributed by atoms with Gasteiger partial charge in [0.25, 0.3) is 0 Å². The zero-order valence-electron chi connectivity index (χ0n) is 18.0. The molecule has 2 aromatic carbocycles. The van der Waals surface area contributed by atoms with Crippen molar-refractivity contribution in [1.82, 2.24) is 24.3 Å². The molecule has 168 valence electrons. The highest BCUT2D eigenvalue weighted by Crippen LogP contribution is 2.35. The number of ether oxygens (including phenoxy) is 1. The summed E-state index contributed by atoms with van der Waals surface area (Å²) in [6.45, 7) is 2.51. The Morgan fingerprint density at radius 1 is 1.06 bits per heavy atom. The predicted octanol–water partition coefficient (Wildman–Crippen LogP) is 4.90. The first kappa shape index (κ1) is 21.0. The van der Waals surface area contributed by atoms with E-state index < -0.39 is 17.5 Å². The van der Waals surface area contributed by atoms with Crippen LogP contribution < -0.4 is 4.74 Å². The van der Waals surface area contributed by atoms with Crippen molar-refractivity contribution in [3.63, 3.8) is 0 Å². The van der Waals surface area contributed by atoms with Gasteiger partial charge in [-0.15, -0.1) is 10.2 Å². The van der Waals surface area contributed by atoms with E-state index in [4.69, 9.17) is 4.74 Å². The SMILES string of the molecule is COc1cc(C=Cc2nnc3n2CCC3c2cc(F)c(F)c(F)c2)ccc1-n1cnc(C)c1. The Labute approximate surface area is 188 Å². The summed E-state index contributed by atoms with van der Waals surface area (Å²) < 4.78 is 50.1. The van der Waals surface area contributed by atoms with Gasteiger partial charge in [0.1, 0.15) is 11.6 Å². The Morgan fingerprint density at radius 2 is 1.85 bits per heavy atom. The summed E-state index contributed by atoms with van der Waals surface area (Å²) in [5.41, 5.74) is 3.04. The fraction of sp³-hybridized carbons (Fsp3) is 0.208. The smallest absolute Gasteiger partial charge is 0.194 e. The van der Waals surface area contributed by atoms with E-state index in [-0.39, 0.29) is 5.92 Å². The fourth-order valence-electron chi connectivity index (χ4n) is 4.15. The molecule has 0 saturated heterocycles. The van der Waals surface area contributed by atoms with Crippen LogP contribution in [0, 0.1) is 24.4 Å². The molecular weight excluding hydrogens is 431 g/mol. The summed E-state index contributed by atoms with van der Waals surface area (Å²) >= 11 is 0. The maximum absolute atomic E-state index is 13.7. The summed E-state index contributed by atoms with van der Waals surface area (Å²) in [6.07, 6.45) is 7.98. The van der Waals surface area contributed by atoms with Crippen molar-refractivity contribution < 1.29 is 17.9 Å². The molecule has 2 aromatic heterocycles. The summed E-state index contributed by atoms with van der Waals surface area (Å²) in [5.74, 6) is -2.29. The lowest BCUT2D eigenvalue weighted by atomic mass is 9.97. The molecule has 0 spiro atoms. The Kier molecular flexibility index (Phi) is 5.24. The maximum atomic E-state index is 13.7. The first-order chi connectivity index (χ1) is 15.9. The zero-order chi connectivity index (χ0) is 23.1. The van der Waals surface area contributed by atoms with E-state index in [0.29, 0.717) is 35.9 Å². The van der Waals surface area contributed by atoms with Crippen molar-refractivity contribution in [2.45, 2.75) is 25.8 Å². The van der Waals surface area contributed by atoms with Gasteiger partial charge >= 0.3 is 0 Å². The van der Waals surface area contributed by atoms with Crippen LogP contribution in [0.15, 0.2) is 42.9 Å². The van der Waals surface area contributed by atoms with Crippen LogP contribution in [0.4, 0.5) is 13.2 Å². The van der Waals surface area contributed by atoms with E-state index in [1.165, 1.54) is 0 Å². The number of halogens is 3. The van der Waals surface area contributed by atoms with Crippen molar-refractivity contribution in [1.29, 1.82) is 0 Å². The topological polar surface area (TPSA) is 57.8 Å². The van der Waals surface area contributed by atoms with Gasteiger partial charge in [0.15, 0.2) is 23.3 Å². The lowest BCUT2D eigenvalue weighted by Gasteiger charge is -2.10. The normalized spacial score (nSPS) is 15.4. The molecule has 0 amide bonds. The standard InChI is InChI=1S/C24H20F3N5O/c1-14-12-31(13-28-14)20-5-3-15(9-21(20)33-2)4-6-22-29-30-24-17(7-8-32(22)24)16-10-18(25)23(27)19(26)11-16/h3-6,9-13,17H,7-8H2,1-2H3. The lowest BCUT2D eigenvalue weighted by molar-refractivity contribution is 0.413. The molecule has 3 heterocycles. The Hall–Kier alpha value is -3.88. The van der Waals surface area contributed by atoms with Crippen LogP contribution in [-0.4, -0.2) is 31.4 Å². The molecular formula is C24H20F3N5O. The minimum absolute atomic E-state index is 0.345. The van der Waals surface area contributed by atoms with E-state index in [0.717, 1.165) is 29.1 Å². The first-order valence-corrected chi connectivity index (χ1v) is 10.4. The van der Waals surface area contributed by atoms with Crippen LogP contribution in [0.2, 0.25) is 0 Å². The molecule has 1 aliphatic heterocycles. The highest BCUT2D eigenvalue weighted by Gasteiger charge is 2.29. The van der Waals surface area contributed by atoms with Crippen LogP contribution in [-0.2, 0) is 6.54 Å². The van der Waals surface area contributed by atoms with E-state index in [2.05, 4.69) is 15.2 Å². The second-order valence-electron chi connectivity index (χ2n) is 7.89. The largest absolute Gasteiger partial charge is 0.495 e. The van der Waals surface area contributed by atoms with Gasteiger partial charge in [0, 0.05) is 18.7 Å². The number of hydrogen-bond acceptors (Lipinski definition) is 4. The van der Waals surface area contributed by atoms with Crippen LogP contribution in [0.25, 0.3) is 17.8 Å². The molecule has 9 heteroatoms. The summed E-state index contributed by atoms with van der Waals surface area (Å²) in [6, 6.07) is 7.87. The minimum Gasteiger partial charge on any atom is -0.495 e. The number of hydrogen-bond donors (Lipinski definition) is 0. The van der Waals surface area contributed by atoms with Gasteiger partial charge in [-0.3, -0.25) is 0 Å². The van der Waals surface area contributed by atoms with E-state index >= 15 is 0 Å². The Balaban J connectivity index is 1.41. The second-order valence-corrected chi connectivity index (χ2v) is 7.89. The molecule has 1 atom stereocenters. The number of rotatable bonds is 5. The van der Waals surface area contributed by atoms with Crippen molar-refractivity contribution in [2.75, 3.05) is 7.11 Å². The van der Waals surface area contributed by atoms with Crippen molar-refractivity contribution in [3.8, 4) is 11.4 Å². The highest BCUT2D eigenvalue weighted by atomic mass is 19.2. The van der Waals surface area contributed by atoms with Crippen LogP contribution in [0.1, 0.15) is 40.8 Å². The lowest BCUT2D eigenvalue weighted by Crippen LogP contribution is -2.02. The molecule has 1 aliphatic rings. The van der Waals surface area contributed by atoms with E-state index in [9.17, 15) is 13.2 Å². The summed E-state index contributed by atoms with van der Waals surface area (Å²) in [4.78, 5) is 4.25. The van der Waals surface area contributed by atoms with Gasteiger partial charge in [-0.2, -0.15) is 0 Å². The maximum Gasteiger partial charge on any atom is 0.194 e. The average Bonchev–Trinajstić information content (AvgIpc) is 3.52. The Morgan fingerprint density at radius 3 is 2.55 bits per heavy atom. The van der Waals surface area contributed by atoms with Crippen LogP contribution in [0.3, 0.4) is 0 Å². The van der Waals surface area contributed by atoms with Gasteiger partial charge in [0.05, 0.1) is 24.8 Å². The quantitative estimate of drug-likeness (QED) is 0.405. The van der Waals surface area contributed by atoms with Gasteiger partial charge in [-0.1, -0.05) is 12.1 Å². The summed E-state index contributed by atoms with van der Waals surface area (Å²) in [5, 5.41) is 8.45. The van der Waals surface area contributed by atoms with Gasteiger partial charge in [-0.25, -0.2) is 18.2 Å². The number of benzene rings is 2. The molecule has 0 fully saturated rings. The molecule has 0 N–H and O–H groups in total. The van der Waals surface area contributed by atoms with Gasteiger partial charge in [-0.05, 0) is 54.8 Å². The molecule has 0 radical (unpaired) electrons. The molecule has 5 rings (SSSR count). The monoisotopic (exact) mass is 451 g/mol. The number of methoxy groups -OCH3 is 1. The summed E-state index contributed by atoms with van der Waals surface area (Å²) in [7, 11) is 1.61. The molecule has 33 heavy (non-hydrogen) atoms. The fourth-order valence-corrected chi connectivity index (χ4v) is 4.15. The highest BCUT2D eigenvalue weighted by molar-refractivity contribution is 5.69. The Bertz CT molecular complexity index is 1350. The van der Waals surface area contributed by atoms with Crippen molar-refractivity contribution >= 4 is 12.2 Å². The van der Waals surface area contributed by atoms with E-state index in [1.54, 1.807) is 13.4 Å². The first-order valence-electron chi connectivity index (χ1n) is 10.4. The third-order valence-electron chi connectivity index (χ3n) is 5.79. The molecule has 4 aromatic rings. The van der Waals surface area contributed by atoms with E-state index in [1.807, 2.05) is 52.6 Å². The molecule has 0 bridgehead atoms. The van der Waals surface area contributed by atoms with Crippen molar-refractivity contribution in [3.05, 3.63) is 88.8 Å². The molecule has 0 saturated carbocycles. The van der Waals surface area contributed by atoms with Gasteiger partial charge in [0.2, 0.25) is 0 Å². The number of imidazole rings is 1. The third kappa shape index (κ3) is 3.79. The van der Waals surface area contributed by atoms with Gasteiger partial charge < -0.3 is 13.9 Å². The molecule has 6 nitrogen and oxygen atoms in total. The second kappa shape index (κ2) is 8.23. The molecule has 1 unspecified atom stereocenters. The molecule has 0 aliphatic carbocycles. The predicted molar refractivity (Wildman–Crippen MR) is 117 cm³/mol. The number of fused-ring (bicyclic) bond motifs is 1. The minimum atomic E-state index is -1.47. The zero-order valence-corrected chi connectivity index (χ0v) is 18.0.